The minimum absolute atomic E-state index is 0.201. The Bertz CT molecular complexity index is 835. The summed E-state index contributed by atoms with van der Waals surface area (Å²) in [6, 6.07) is 12.1. The maximum atomic E-state index is 13.0. The van der Waals surface area contributed by atoms with Crippen LogP contribution in [0.5, 0.6) is 5.75 Å². The van der Waals surface area contributed by atoms with E-state index < -0.39 is 11.6 Å². The van der Waals surface area contributed by atoms with Crippen molar-refractivity contribution in [3.05, 3.63) is 64.2 Å². The highest BCUT2D eigenvalue weighted by molar-refractivity contribution is 6.30. The smallest absolute Gasteiger partial charge is 0.325 e. The Hall–Kier alpha value is -2.53. The molecule has 0 aromatic heterocycles. The zero-order chi connectivity index (χ0) is 18.2. The second-order valence-corrected chi connectivity index (χ2v) is 6.69. The van der Waals surface area contributed by atoms with Crippen molar-refractivity contribution in [2.24, 2.45) is 0 Å². The third-order valence-electron chi connectivity index (χ3n) is 4.50. The summed E-state index contributed by atoms with van der Waals surface area (Å²) in [5.41, 5.74) is 1.37. The number of rotatable bonds is 4. The number of hydrogen-bond acceptors (Lipinski definition) is 3. The lowest BCUT2D eigenvalue weighted by atomic mass is 9.90. The van der Waals surface area contributed by atoms with Crippen LogP contribution < -0.4 is 10.1 Å². The number of carbonyl (C=O) groups excluding carboxylic acids is 2. The highest BCUT2D eigenvalue weighted by atomic mass is 35.5. The molecule has 5 nitrogen and oxygen atoms in total. The fourth-order valence-electron chi connectivity index (χ4n) is 3.00. The fraction of sp³-hybridized carbons (Fsp3) is 0.263. The van der Waals surface area contributed by atoms with Crippen molar-refractivity contribution in [2.75, 3.05) is 7.11 Å². The Kier molecular flexibility index (Phi) is 4.43. The SMILES string of the molecule is COc1ccc(C2(C)NC(=O)N(Cc3ccc(Cl)cc3)C2=O)cc1C. The van der Waals surface area contributed by atoms with Gasteiger partial charge in [0.25, 0.3) is 5.91 Å². The maximum Gasteiger partial charge on any atom is 0.325 e. The van der Waals surface area contributed by atoms with E-state index in [2.05, 4.69) is 5.32 Å². The summed E-state index contributed by atoms with van der Waals surface area (Å²) in [6.07, 6.45) is 0. The Balaban J connectivity index is 1.89. The number of methoxy groups -OCH3 is 1. The number of carbonyl (C=O) groups is 2. The fourth-order valence-corrected chi connectivity index (χ4v) is 3.12. The van der Waals surface area contributed by atoms with Gasteiger partial charge in [-0.3, -0.25) is 9.69 Å². The Labute approximate surface area is 151 Å². The van der Waals surface area contributed by atoms with Crippen LogP contribution in [0.15, 0.2) is 42.5 Å². The predicted molar refractivity (Wildman–Crippen MR) is 95.6 cm³/mol. The van der Waals surface area contributed by atoms with Crippen molar-refractivity contribution in [3.8, 4) is 5.75 Å². The van der Waals surface area contributed by atoms with Crippen molar-refractivity contribution in [1.29, 1.82) is 0 Å². The van der Waals surface area contributed by atoms with Gasteiger partial charge in [0.05, 0.1) is 13.7 Å². The van der Waals surface area contributed by atoms with E-state index in [-0.39, 0.29) is 12.5 Å². The van der Waals surface area contributed by atoms with Crippen LogP contribution in [0.4, 0.5) is 4.79 Å². The third kappa shape index (κ3) is 3.07. The number of urea groups is 1. The molecule has 1 fully saturated rings. The number of ether oxygens (including phenoxy) is 1. The highest BCUT2D eigenvalue weighted by Crippen LogP contribution is 2.32. The molecule has 0 spiro atoms. The lowest BCUT2D eigenvalue weighted by Crippen LogP contribution is -2.40. The number of imide groups is 1. The number of benzene rings is 2. The van der Waals surface area contributed by atoms with Crippen molar-refractivity contribution in [3.63, 3.8) is 0 Å². The number of aryl methyl sites for hydroxylation is 1. The molecule has 1 aliphatic rings. The number of nitrogens with one attached hydrogen (secondary N) is 1. The van der Waals surface area contributed by atoms with Gasteiger partial charge in [-0.15, -0.1) is 0 Å². The molecular formula is C19H19ClN2O3. The monoisotopic (exact) mass is 358 g/mol. The minimum atomic E-state index is -1.10. The average Bonchev–Trinajstić information content (AvgIpc) is 2.81. The van der Waals surface area contributed by atoms with Gasteiger partial charge >= 0.3 is 6.03 Å². The van der Waals surface area contributed by atoms with Crippen LogP contribution in [0.1, 0.15) is 23.6 Å². The molecular weight excluding hydrogens is 340 g/mol. The van der Waals surface area contributed by atoms with E-state index in [1.54, 1.807) is 50.4 Å². The first-order valence-corrected chi connectivity index (χ1v) is 8.26. The average molecular weight is 359 g/mol. The van der Waals surface area contributed by atoms with Gasteiger partial charge < -0.3 is 10.1 Å². The molecule has 3 rings (SSSR count). The van der Waals surface area contributed by atoms with Crippen LogP contribution in [-0.2, 0) is 16.9 Å². The van der Waals surface area contributed by atoms with Crippen molar-refractivity contribution in [1.82, 2.24) is 10.2 Å². The van der Waals surface area contributed by atoms with Crippen LogP contribution in [0.3, 0.4) is 0 Å². The van der Waals surface area contributed by atoms with E-state index in [1.807, 2.05) is 13.0 Å². The molecule has 1 aliphatic heterocycles. The van der Waals surface area contributed by atoms with E-state index in [0.29, 0.717) is 5.02 Å². The third-order valence-corrected chi connectivity index (χ3v) is 4.75. The summed E-state index contributed by atoms with van der Waals surface area (Å²) >= 11 is 5.88. The Morgan fingerprint density at radius 2 is 1.84 bits per heavy atom. The summed E-state index contributed by atoms with van der Waals surface area (Å²) in [6.45, 7) is 3.82. The van der Waals surface area contributed by atoms with Crippen LogP contribution in [0, 0.1) is 6.92 Å². The van der Waals surface area contributed by atoms with Gasteiger partial charge in [-0.25, -0.2) is 4.79 Å². The number of amides is 3. The summed E-state index contributed by atoms with van der Waals surface area (Å²) in [7, 11) is 1.60. The molecule has 1 unspecified atom stereocenters. The summed E-state index contributed by atoms with van der Waals surface area (Å²) in [4.78, 5) is 26.6. The first kappa shape index (κ1) is 17.3. The van der Waals surface area contributed by atoms with Gasteiger partial charge in [0.15, 0.2) is 0 Å². The van der Waals surface area contributed by atoms with Crippen LogP contribution >= 0.6 is 11.6 Å². The number of hydrogen-bond donors (Lipinski definition) is 1. The van der Waals surface area contributed by atoms with Crippen molar-refractivity contribution >= 4 is 23.5 Å². The molecule has 0 radical (unpaired) electrons. The van der Waals surface area contributed by atoms with E-state index in [0.717, 1.165) is 22.4 Å². The zero-order valence-corrected chi connectivity index (χ0v) is 15.1. The molecule has 25 heavy (non-hydrogen) atoms. The van der Waals surface area contributed by atoms with Crippen LogP contribution in [0.25, 0.3) is 0 Å². The van der Waals surface area contributed by atoms with Crippen molar-refractivity contribution in [2.45, 2.75) is 25.9 Å². The Morgan fingerprint density at radius 3 is 2.44 bits per heavy atom. The summed E-state index contributed by atoms with van der Waals surface area (Å²) < 4.78 is 5.26. The lowest BCUT2D eigenvalue weighted by Gasteiger charge is -2.23. The molecule has 1 N–H and O–H groups in total. The molecule has 3 amide bonds. The summed E-state index contributed by atoms with van der Waals surface area (Å²) in [5, 5.41) is 3.42. The lowest BCUT2D eigenvalue weighted by molar-refractivity contribution is -0.131. The minimum Gasteiger partial charge on any atom is -0.496 e. The first-order chi connectivity index (χ1) is 11.8. The highest BCUT2D eigenvalue weighted by Gasteiger charge is 2.49. The first-order valence-electron chi connectivity index (χ1n) is 7.89. The zero-order valence-electron chi connectivity index (χ0n) is 14.3. The van der Waals surface area contributed by atoms with E-state index in [9.17, 15) is 9.59 Å². The van der Waals surface area contributed by atoms with E-state index in [1.165, 1.54) is 4.90 Å². The molecule has 130 valence electrons. The number of nitrogens with zero attached hydrogens (tertiary/aromatic N) is 1. The second-order valence-electron chi connectivity index (χ2n) is 6.26. The predicted octanol–water partition coefficient (Wildman–Crippen LogP) is 3.62. The van der Waals surface area contributed by atoms with Crippen LogP contribution in [-0.4, -0.2) is 23.9 Å². The normalized spacial score (nSPS) is 19.9. The Morgan fingerprint density at radius 1 is 1.16 bits per heavy atom. The van der Waals surface area contributed by atoms with Crippen molar-refractivity contribution < 1.29 is 14.3 Å². The van der Waals surface area contributed by atoms with Gasteiger partial charge in [-0.05, 0) is 54.8 Å². The molecule has 0 bridgehead atoms. The standard InChI is InChI=1S/C19H19ClN2O3/c1-12-10-14(6-9-16(12)25-3)19(2)17(23)22(18(24)21-19)11-13-4-7-15(20)8-5-13/h4-10H,11H2,1-3H3,(H,21,24). The maximum absolute atomic E-state index is 13.0. The van der Waals surface area contributed by atoms with E-state index >= 15 is 0 Å². The molecule has 0 aliphatic carbocycles. The van der Waals surface area contributed by atoms with Gasteiger partial charge in [0.1, 0.15) is 11.3 Å². The molecule has 2 aromatic rings. The molecule has 1 atom stereocenters. The van der Waals surface area contributed by atoms with Gasteiger partial charge in [-0.1, -0.05) is 29.8 Å². The topological polar surface area (TPSA) is 58.6 Å². The largest absolute Gasteiger partial charge is 0.496 e. The molecule has 0 saturated carbocycles. The molecule has 6 heteroatoms. The molecule has 1 saturated heterocycles. The van der Waals surface area contributed by atoms with Gasteiger partial charge in [-0.2, -0.15) is 0 Å². The van der Waals surface area contributed by atoms with Gasteiger partial charge in [0, 0.05) is 5.02 Å². The molecule has 2 aromatic carbocycles. The summed E-state index contributed by atoms with van der Waals surface area (Å²) in [5.74, 6) is 0.458. The molecule has 1 heterocycles. The second kappa shape index (κ2) is 6.41. The van der Waals surface area contributed by atoms with Gasteiger partial charge in [0.2, 0.25) is 0 Å². The number of halogens is 1. The van der Waals surface area contributed by atoms with Crippen LogP contribution in [0.2, 0.25) is 5.02 Å². The quantitative estimate of drug-likeness (QED) is 0.849. The van der Waals surface area contributed by atoms with E-state index in [4.69, 9.17) is 16.3 Å².